The predicted molar refractivity (Wildman–Crippen MR) is 54.2 cm³/mol. The Balaban J connectivity index is 3.56. The molecule has 0 aliphatic rings. The number of hydrogen-bond acceptors (Lipinski definition) is 4. The molecule has 0 bridgehead atoms. The molecule has 76 valence electrons. The average molecular weight is 253 g/mol. The maximum absolute atomic E-state index is 10.9. The molecular formula is C7H5ClO4S2. The van der Waals surface area contributed by atoms with Crippen LogP contribution >= 0.6 is 10.7 Å². The summed E-state index contributed by atoms with van der Waals surface area (Å²) >= 11 is 0. The van der Waals surface area contributed by atoms with Gasteiger partial charge in [-0.1, -0.05) is 30.3 Å². The van der Waals surface area contributed by atoms with E-state index in [2.05, 4.69) is 0 Å². The molecule has 0 radical (unpaired) electrons. The minimum absolute atomic E-state index is 0.0517. The summed E-state index contributed by atoms with van der Waals surface area (Å²) in [7, 11) is -2.15. The molecule has 4 nitrogen and oxygen atoms in total. The lowest BCUT2D eigenvalue weighted by atomic mass is 10.2. The molecule has 1 aromatic rings. The Kier molecular flexibility index (Phi) is 3.30. The standard InChI is InChI=1S/C7H5ClO4S2/c8-14(11,12)7(13(9)10)6-4-2-1-3-5-6/h1-5H. The molecule has 0 spiro atoms. The fourth-order valence-electron chi connectivity index (χ4n) is 0.893. The highest BCUT2D eigenvalue weighted by molar-refractivity contribution is 8.31. The van der Waals surface area contributed by atoms with Crippen molar-refractivity contribution in [3.05, 3.63) is 35.9 Å². The molecule has 0 fully saturated rings. The van der Waals surface area contributed by atoms with Crippen molar-refractivity contribution < 1.29 is 16.8 Å². The first-order chi connectivity index (χ1) is 6.43. The van der Waals surface area contributed by atoms with Gasteiger partial charge in [-0.15, -0.1) is 0 Å². The van der Waals surface area contributed by atoms with E-state index in [4.69, 9.17) is 10.7 Å². The Labute approximate surface area is 87.1 Å². The summed E-state index contributed by atoms with van der Waals surface area (Å²) in [5.74, 6) is 0. The molecule has 0 atom stereocenters. The number of hydrogen-bond donors (Lipinski definition) is 0. The maximum Gasteiger partial charge on any atom is 0.276 e. The lowest BCUT2D eigenvalue weighted by molar-refractivity contribution is 0.619. The Morgan fingerprint density at radius 2 is 1.64 bits per heavy atom. The van der Waals surface area contributed by atoms with E-state index in [0.717, 1.165) is 0 Å². The molecule has 1 rings (SSSR count). The minimum Gasteiger partial charge on any atom is -0.206 e. The quantitative estimate of drug-likeness (QED) is 0.543. The van der Waals surface area contributed by atoms with Crippen molar-refractivity contribution in [3.63, 3.8) is 0 Å². The van der Waals surface area contributed by atoms with Crippen molar-refractivity contribution in [2.75, 3.05) is 0 Å². The van der Waals surface area contributed by atoms with Crippen LogP contribution < -0.4 is 0 Å². The van der Waals surface area contributed by atoms with Crippen LogP contribution in [0.2, 0.25) is 0 Å². The van der Waals surface area contributed by atoms with Gasteiger partial charge < -0.3 is 0 Å². The summed E-state index contributed by atoms with van der Waals surface area (Å²) in [6.45, 7) is 0. The monoisotopic (exact) mass is 252 g/mol. The molecule has 0 aliphatic carbocycles. The summed E-state index contributed by atoms with van der Waals surface area (Å²) in [5.41, 5.74) is 0.0517. The lowest BCUT2D eigenvalue weighted by Gasteiger charge is -1.96. The van der Waals surface area contributed by atoms with E-state index in [1.54, 1.807) is 6.07 Å². The second-order valence-corrected chi connectivity index (χ2v) is 5.96. The van der Waals surface area contributed by atoms with Crippen LogP contribution in [0, 0.1) is 0 Å². The van der Waals surface area contributed by atoms with Crippen molar-refractivity contribution in [3.8, 4) is 0 Å². The zero-order valence-corrected chi connectivity index (χ0v) is 9.10. The summed E-state index contributed by atoms with van der Waals surface area (Å²) in [5, 5.41) is 0. The first kappa shape index (κ1) is 11.2. The van der Waals surface area contributed by atoms with Crippen LogP contribution in [-0.4, -0.2) is 21.0 Å². The number of benzene rings is 1. The Bertz CT molecular complexity index is 549. The van der Waals surface area contributed by atoms with Crippen LogP contribution in [0.1, 0.15) is 5.56 Å². The lowest BCUT2D eigenvalue weighted by Crippen LogP contribution is -2.10. The molecule has 0 saturated carbocycles. The van der Waals surface area contributed by atoms with E-state index in [1.165, 1.54) is 24.3 Å². The largest absolute Gasteiger partial charge is 0.276 e. The zero-order chi connectivity index (χ0) is 10.8. The topological polar surface area (TPSA) is 68.3 Å². The third-order valence-electron chi connectivity index (χ3n) is 1.38. The molecule has 0 N–H and O–H groups in total. The van der Waals surface area contributed by atoms with Crippen molar-refractivity contribution in [2.24, 2.45) is 0 Å². The highest BCUT2D eigenvalue weighted by Crippen LogP contribution is 2.09. The van der Waals surface area contributed by atoms with E-state index in [-0.39, 0.29) is 5.56 Å². The Morgan fingerprint density at radius 3 is 2.00 bits per heavy atom. The molecule has 1 aromatic carbocycles. The van der Waals surface area contributed by atoms with Crippen molar-refractivity contribution in [2.45, 2.75) is 0 Å². The van der Waals surface area contributed by atoms with Crippen molar-refractivity contribution >= 4 is 34.2 Å². The van der Waals surface area contributed by atoms with Crippen molar-refractivity contribution in [1.82, 2.24) is 0 Å². The first-order valence-electron chi connectivity index (χ1n) is 3.39. The third kappa shape index (κ3) is 2.57. The van der Waals surface area contributed by atoms with Crippen LogP contribution in [0.3, 0.4) is 0 Å². The van der Waals surface area contributed by atoms with Gasteiger partial charge in [0.25, 0.3) is 9.05 Å². The van der Waals surface area contributed by atoms with Gasteiger partial charge in [-0.05, 0) is 0 Å². The molecule has 0 amide bonds. The highest BCUT2D eigenvalue weighted by Gasteiger charge is 2.20. The Hall–Kier alpha value is -0.850. The Morgan fingerprint density at radius 1 is 1.14 bits per heavy atom. The van der Waals surface area contributed by atoms with Crippen LogP contribution in [0.5, 0.6) is 0 Å². The second kappa shape index (κ2) is 4.12. The molecule has 14 heavy (non-hydrogen) atoms. The smallest absolute Gasteiger partial charge is 0.206 e. The fourth-order valence-corrected chi connectivity index (χ4v) is 3.02. The summed E-state index contributed by atoms with van der Waals surface area (Å²) in [6.07, 6.45) is 0. The van der Waals surface area contributed by atoms with E-state index in [1.807, 2.05) is 0 Å². The van der Waals surface area contributed by atoms with Gasteiger partial charge in [0.2, 0.25) is 14.5 Å². The number of rotatable bonds is 1. The normalized spacial score (nSPS) is 10.9. The van der Waals surface area contributed by atoms with Gasteiger partial charge in [-0.2, -0.15) is 8.42 Å². The van der Waals surface area contributed by atoms with Gasteiger partial charge >= 0.3 is 0 Å². The van der Waals surface area contributed by atoms with Gasteiger partial charge in [0.05, 0.1) is 0 Å². The van der Waals surface area contributed by atoms with Gasteiger partial charge in [0, 0.05) is 16.2 Å². The zero-order valence-electron chi connectivity index (χ0n) is 6.71. The van der Waals surface area contributed by atoms with E-state index >= 15 is 0 Å². The average Bonchev–Trinajstić information content (AvgIpc) is 2.02. The molecule has 7 heteroatoms. The maximum atomic E-state index is 10.9. The summed E-state index contributed by atoms with van der Waals surface area (Å²) in [6, 6.07) is 7.38. The molecule has 0 heterocycles. The predicted octanol–water partition coefficient (Wildman–Crippen LogP) is 0.612. The number of halogens is 1. The first-order valence-corrected chi connectivity index (χ1v) is 6.77. The molecule has 0 saturated heterocycles. The van der Waals surface area contributed by atoms with E-state index < -0.39 is 23.5 Å². The summed E-state index contributed by atoms with van der Waals surface area (Å²) in [4.78, 5) is 0. The third-order valence-corrected chi connectivity index (χ3v) is 4.40. The summed E-state index contributed by atoms with van der Waals surface area (Å²) < 4.78 is 42.3. The van der Waals surface area contributed by atoms with Crippen molar-refractivity contribution in [1.29, 1.82) is 0 Å². The van der Waals surface area contributed by atoms with Crippen LogP contribution in [-0.2, 0) is 19.3 Å². The fraction of sp³-hybridized carbons (Fsp3) is 0. The van der Waals surface area contributed by atoms with E-state index in [9.17, 15) is 16.8 Å². The molecular weight excluding hydrogens is 248 g/mol. The minimum atomic E-state index is -4.24. The molecule has 0 aromatic heterocycles. The second-order valence-electron chi connectivity index (χ2n) is 2.33. The van der Waals surface area contributed by atoms with Gasteiger partial charge in [0.1, 0.15) is 0 Å². The van der Waals surface area contributed by atoms with Crippen LogP contribution in [0.15, 0.2) is 30.3 Å². The highest BCUT2D eigenvalue weighted by atomic mass is 35.7. The van der Waals surface area contributed by atoms with Gasteiger partial charge in [-0.3, -0.25) is 0 Å². The van der Waals surface area contributed by atoms with Gasteiger partial charge in [-0.25, -0.2) is 8.42 Å². The molecule has 0 unspecified atom stereocenters. The van der Waals surface area contributed by atoms with Gasteiger partial charge in [0.15, 0.2) is 0 Å². The molecule has 0 aliphatic heterocycles. The van der Waals surface area contributed by atoms with E-state index in [0.29, 0.717) is 0 Å². The van der Waals surface area contributed by atoms with Crippen LogP contribution in [0.25, 0.3) is 0 Å². The van der Waals surface area contributed by atoms with Crippen LogP contribution in [0.4, 0.5) is 0 Å². The SMILES string of the molecule is O=S(=O)=C(c1ccccc1)S(=O)(=O)Cl.